The normalized spacial score (nSPS) is 27.2. The molecular weight excluding hydrogens is 358 g/mol. The topological polar surface area (TPSA) is 65.1 Å². The van der Waals surface area contributed by atoms with Crippen molar-refractivity contribution in [1.82, 2.24) is 5.06 Å². The van der Waals surface area contributed by atoms with Gasteiger partial charge in [-0.15, -0.1) is 0 Å². The van der Waals surface area contributed by atoms with Crippen molar-refractivity contribution in [3.05, 3.63) is 0 Å². The van der Waals surface area contributed by atoms with Crippen LogP contribution in [0.4, 0.5) is 0 Å². The fraction of sp³-hybridized carbons (Fsp3) is 0.909. The number of hydrogen-bond donors (Lipinski definition) is 0. The second kappa shape index (κ2) is 8.70. The van der Waals surface area contributed by atoms with Gasteiger partial charge in [0.25, 0.3) is 0 Å². The van der Waals surface area contributed by atoms with Gasteiger partial charge in [-0.3, -0.25) is 14.4 Å². The van der Waals surface area contributed by atoms with Gasteiger partial charge >= 0.3 is 11.9 Å². The summed E-state index contributed by atoms with van der Waals surface area (Å²) in [6, 6.07) is 0. The lowest BCUT2D eigenvalue weighted by atomic mass is 9.75. The maximum atomic E-state index is 13.0. The number of carbonyl (C=O) groups excluding carboxylic acids is 2. The van der Waals surface area contributed by atoms with Crippen molar-refractivity contribution in [3.8, 4) is 0 Å². The van der Waals surface area contributed by atoms with E-state index in [1.54, 1.807) is 13.8 Å². The summed E-state index contributed by atoms with van der Waals surface area (Å²) in [5.74, 6) is -1.20. The number of hydrogen-bond acceptors (Lipinski definition) is 6. The van der Waals surface area contributed by atoms with Gasteiger partial charge in [-0.2, -0.15) is 5.06 Å². The fourth-order valence-corrected chi connectivity index (χ4v) is 5.28. The number of nitrogens with zero attached hydrogens (tertiary/aromatic N) is 1. The van der Waals surface area contributed by atoms with Crippen molar-refractivity contribution in [1.29, 1.82) is 0 Å². The Kier molecular flexibility index (Phi) is 7.19. The summed E-state index contributed by atoms with van der Waals surface area (Å²) in [7, 11) is 0. The van der Waals surface area contributed by atoms with Crippen LogP contribution in [-0.2, 0) is 23.9 Å². The van der Waals surface area contributed by atoms with Crippen LogP contribution in [0.3, 0.4) is 0 Å². The zero-order valence-electron chi connectivity index (χ0n) is 18.8. The third-order valence-electron chi connectivity index (χ3n) is 6.51. The smallest absolute Gasteiger partial charge is 0.323 e. The summed E-state index contributed by atoms with van der Waals surface area (Å²) in [5, 5.41) is 2.10. The first-order chi connectivity index (χ1) is 13.0. The van der Waals surface area contributed by atoms with Crippen LogP contribution in [0.15, 0.2) is 0 Å². The van der Waals surface area contributed by atoms with Crippen LogP contribution in [0.1, 0.15) is 87.0 Å². The Morgan fingerprint density at radius 3 is 1.89 bits per heavy atom. The Labute approximate surface area is 170 Å². The molecule has 0 aromatic rings. The molecule has 1 heterocycles. The maximum Gasteiger partial charge on any atom is 0.323 e. The summed E-state index contributed by atoms with van der Waals surface area (Å²) in [4.78, 5) is 32.4. The van der Waals surface area contributed by atoms with Crippen LogP contribution in [0.25, 0.3) is 0 Å². The predicted molar refractivity (Wildman–Crippen MR) is 107 cm³/mol. The summed E-state index contributed by atoms with van der Waals surface area (Å²) in [6.07, 6.45) is 4.94. The fourth-order valence-electron chi connectivity index (χ4n) is 5.28. The molecule has 0 aromatic carbocycles. The SMILES string of the molecule is CCOC(=O)C1(C(=O)OCC)CCCC1C(C)ON1C(C)(C)CCCC1(C)C. The number of hydroxylamine groups is 2. The Morgan fingerprint density at radius 2 is 1.43 bits per heavy atom. The maximum absolute atomic E-state index is 13.0. The lowest BCUT2D eigenvalue weighted by Crippen LogP contribution is -2.60. The van der Waals surface area contributed by atoms with E-state index in [4.69, 9.17) is 14.3 Å². The van der Waals surface area contributed by atoms with Gasteiger partial charge in [0.2, 0.25) is 0 Å². The van der Waals surface area contributed by atoms with E-state index in [1.165, 1.54) is 0 Å². The van der Waals surface area contributed by atoms with Crippen molar-refractivity contribution in [2.45, 2.75) is 104 Å². The minimum Gasteiger partial charge on any atom is -0.465 e. The number of piperidine rings is 1. The molecule has 162 valence electrons. The van der Waals surface area contributed by atoms with Crippen molar-refractivity contribution >= 4 is 11.9 Å². The van der Waals surface area contributed by atoms with Crippen molar-refractivity contribution in [2.75, 3.05) is 13.2 Å². The highest BCUT2D eigenvalue weighted by Crippen LogP contribution is 2.49. The quantitative estimate of drug-likeness (QED) is 0.472. The molecule has 0 aromatic heterocycles. The highest BCUT2D eigenvalue weighted by atomic mass is 16.7. The number of rotatable bonds is 7. The van der Waals surface area contributed by atoms with Gasteiger partial charge in [0.05, 0.1) is 19.3 Å². The second-order valence-corrected chi connectivity index (χ2v) is 9.49. The summed E-state index contributed by atoms with van der Waals surface area (Å²) in [6.45, 7) is 14.8. The molecule has 0 radical (unpaired) electrons. The minimum absolute atomic E-state index is 0.106. The number of carbonyl (C=O) groups is 2. The molecule has 1 aliphatic heterocycles. The predicted octanol–water partition coefficient (Wildman–Crippen LogP) is 4.26. The van der Waals surface area contributed by atoms with Gasteiger partial charge in [-0.25, -0.2) is 0 Å². The molecular formula is C22H39NO5. The molecule has 0 N–H and O–H groups in total. The van der Waals surface area contributed by atoms with E-state index in [1.807, 2.05) is 6.92 Å². The third kappa shape index (κ3) is 4.23. The Morgan fingerprint density at radius 1 is 0.929 bits per heavy atom. The number of ether oxygens (including phenoxy) is 2. The second-order valence-electron chi connectivity index (χ2n) is 9.49. The number of esters is 2. The highest BCUT2D eigenvalue weighted by molar-refractivity contribution is 6.01. The Balaban J connectivity index is 2.31. The van der Waals surface area contributed by atoms with E-state index < -0.39 is 17.4 Å². The summed E-state index contributed by atoms with van der Waals surface area (Å²) >= 11 is 0. The molecule has 2 fully saturated rings. The molecule has 0 spiro atoms. The van der Waals surface area contributed by atoms with Gasteiger partial charge < -0.3 is 9.47 Å². The van der Waals surface area contributed by atoms with Crippen molar-refractivity contribution in [2.24, 2.45) is 11.3 Å². The molecule has 1 saturated heterocycles. The van der Waals surface area contributed by atoms with Crippen LogP contribution < -0.4 is 0 Å². The molecule has 0 amide bonds. The molecule has 0 bridgehead atoms. The molecule has 2 unspecified atom stereocenters. The van der Waals surface area contributed by atoms with Gasteiger partial charge in [-0.1, -0.05) is 6.42 Å². The van der Waals surface area contributed by atoms with E-state index in [-0.39, 0.29) is 36.3 Å². The molecule has 1 aliphatic carbocycles. The first kappa shape index (κ1) is 23.1. The van der Waals surface area contributed by atoms with Crippen molar-refractivity contribution < 1.29 is 23.9 Å². The third-order valence-corrected chi connectivity index (χ3v) is 6.51. The van der Waals surface area contributed by atoms with Crippen molar-refractivity contribution in [3.63, 3.8) is 0 Å². The zero-order valence-corrected chi connectivity index (χ0v) is 18.8. The van der Waals surface area contributed by atoms with E-state index in [0.29, 0.717) is 6.42 Å². The first-order valence-corrected chi connectivity index (χ1v) is 10.8. The lowest BCUT2D eigenvalue weighted by Gasteiger charge is -2.53. The Bertz CT molecular complexity index is 537. The molecule has 2 aliphatic rings. The Hall–Kier alpha value is -1.14. The van der Waals surface area contributed by atoms with E-state index >= 15 is 0 Å². The zero-order chi connectivity index (χ0) is 21.2. The van der Waals surface area contributed by atoms with E-state index in [0.717, 1.165) is 32.1 Å². The average molecular weight is 398 g/mol. The van der Waals surface area contributed by atoms with Crippen LogP contribution in [0, 0.1) is 11.3 Å². The minimum atomic E-state index is -1.27. The molecule has 28 heavy (non-hydrogen) atoms. The molecule has 2 atom stereocenters. The van der Waals surface area contributed by atoms with Crippen LogP contribution in [0.2, 0.25) is 0 Å². The van der Waals surface area contributed by atoms with Gasteiger partial charge in [0, 0.05) is 17.0 Å². The highest BCUT2D eigenvalue weighted by Gasteiger charge is 2.60. The van der Waals surface area contributed by atoms with Crippen LogP contribution in [0.5, 0.6) is 0 Å². The van der Waals surface area contributed by atoms with Crippen LogP contribution >= 0.6 is 0 Å². The lowest BCUT2D eigenvalue weighted by molar-refractivity contribution is -0.312. The molecule has 2 rings (SSSR count). The standard InChI is InChI=1S/C22H39NO5/c1-8-26-18(24)22(19(25)27-9-2)15-10-12-17(22)16(3)28-23-20(4,5)13-11-14-21(23,6)7/h16-17H,8-15H2,1-7H3. The van der Waals surface area contributed by atoms with E-state index in [2.05, 4.69) is 32.8 Å². The largest absolute Gasteiger partial charge is 0.465 e. The van der Waals surface area contributed by atoms with Gasteiger partial charge in [-0.05, 0) is 80.6 Å². The average Bonchev–Trinajstić information content (AvgIpc) is 3.04. The van der Waals surface area contributed by atoms with Gasteiger partial charge in [0.1, 0.15) is 0 Å². The first-order valence-electron chi connectivity index (χ1n) is 10.8. The van der Waals surface area contributed by atoms with E-state index in [9.17, 15) is 9.59 Å². The van der Waals surface area contributed by atoms with Crippen LogP contribution in [-0.4, -0.2) is 47.4 Å². The summed E-state index contributed by atoms with van der Waals surface area (Å²) in [5.41, 5.74) is -1.48. The summed E-state index contributed by atoms with van der Waals surface area (Å²) < 4.78 is 10.7. The van der Waals surface area contributed by atoms with Gasteiger partial charge in [0.15, 0.2) is 5.41 Å². The molecule has 6 heteroatoms. The monoisotopic (exact) mass is 397 g/mol. The molecule has 6 nitrogen and oxygen atoms in total. The molecule has 1 saturated carbocycles.